The van der Waals surface area contributed by atoms with Crippen molar-refractivity contribution in [2.75, 3.05) is 32.7 Å². The molecule has 1 fully saturated rings. The van der Waals surface area contributed by atoms with Crippen LogP contribution in [-0.2, 0) is 11.2 Å². The van der Waals surface area contributed by atoms with E-state index < -0.39 is 5.60 Å². The Kier molecular flexibility index (Phi) is 4.87. The lowest BCUT2D eigenvalue weighted by Crippen LogP contribution is -2.57. The predicted octanol–water partition coefficient (Wildman–Crippen LogP) is 1.76. The van der Waals surface area contributed by atoms with Crippen molar-refractivity contribution in [3.8, 4) is 0 Å². The highest BCUT2D eigenvalue weighted by atomic mass is 16.6. The van der Waals surface area contributed by atoms with E-state index in [4.69, 9.17) is 4.74 Å². The smallest absolute Gasteiger partial charge is 0.410 e. The third kappa shape index (κ3) is 4.05. The van der Waals surface area contributed by atoms with Crippen molar-refractivity contribution in [3.63, 3.8) is 0 Å². The molecule has 150 valence electrons. The second kappa shape index (κ2) is 7.33. The fourth-order valence-corrected chi connectivity index (χ4v) is 3.63. The Morgan fingerprint density at radius 2 is 2.18 bits per heavy atom. The Morgan fingerprint density at radius 3 is 2.96 bits per heavy atom. The number of hydrogen-bond acceptors (Lipinski definition) is 6. The largest absolute Gasteiger partial charge is 0.444 e. The first-order chi connectivity index (χ1) is 13.4. The fraction of sp³-hybridized carbons (Fsp3) is 0.550. The SMILES string of the molecule is CC(C)(C)OC(=O)N1CCN2C(NCCc3cn4ccccc4n3)=NCC2C1. The molecule has 0 radical (unpaired) electrons. The highest BCUT2D eigenvalue weighted by Gasteiger charge is 2.36. The summed E-state index contributed by atoms with van der Waals surface area (Å²) in [6.07, 6.45) is 4.68. The molecule has 1 amide bonds. The van der Waals surface area contributed by atoms with Crippen molar-refractivity contribution >= 4 is 17.7 Å². The summed E-state index contributed by atoms with van der Waals surface area (Å²) in [6.45, 7) is 9.23. The maximum Gasteiger partial charge on any atom is 0.410 e. The molecular formula is C20H28N6O2. The zero-order valence-corrected chi connectivity index (χ0v) is 16.8. The number of pyridine rings is 1. The van der Waals surface area contributed by atoms with Gasteiger partial charge in [0.2, 0.25) is 0 Å². The van der Waals surface area contributed by atoms with Crippen LogP contribution in [0.5, 0.6) is 0 Å². The normalized spacial score (nSPS) is 19.5. The summed E-state index contributed by atoms with van der Waals surface area (Å²) in [4.78, 5) is 25.6. The number of nitrogens with zero attached hydrogens (tertiary/aromatic N) is 5. The van der Waals surface area contributed by atoms with Gasteiger partial charge in [-0.2, -0.15) is 0 Å². The van der Waals surface area contributed by atoms with Crippen molar-refractivity contribution in [3.05, 3.63) is 36.3 Å². The number of ether oxygens (including phenoxy) is 1. The zero-order chi connectivity index (χ0) is 19.7. The fourth-order valence-electron chi connectivity index (χ4n) is 3.63. The molecule has 1 unspecified atom stereocenters. The molecule has 0 bridgehead atoms. The number of hydrogen-bond donors (Lipinski definition) is 1. The summed E-state index contributed by atoms with van der Waals surface area (Å²) in [5, 5.41) is 3.45. The summed E-state index contributed by atoms with van der Waals surface area (Å²) < 4.78 is 7.53. The molecule has 2 aliphatic rings. The Labute approximate surface area is 165 Å². The van der Waals surface area contributed by atoms with Crippen molar-refractivity contribution in [2.45, 2.75) is 38.8 Å². The third-order valence-corrected chi connectivity index (χ3v) is 4.94. The first-order valence-corrected chi connectivity index (χ1v) is 9.84. The van der Waals surface area contributed by atoms with Gasteiger partial charge in [0.15, 0.2) is 5.96 Å². The number of rotatable bonds is 3. The van der Waals surface area contributed by atoms with E-state index in [1.165, 1.54) is 0 Å². The van der Waals surface area contributed by atoms with Crippen LogP contribution in [0.1, 0.15) is 26.5 Å². The molecule has 8 heteroatoms. The number of carbonyl (C=O) groups excluding carboxylic acids is 1. The van der Waals surface area contributed by atoms with E-state index in [9.17, 15) is 4.79 Å². The number of nitrogens with one attached hydrogen (secondary N) is 1. The lowest BCUT2D eigenvalue weighted by molar-refractivity contribution is 0.0137. The second-order valence-corrected chi connectivity index (χ2v) is 8.31. The van der Waals surface area contributed by atoms with Crippen LogP contribution in [0, 0.1) is 0 Å². The van der Waals surface area contributed by atoms with Gasteiger partial charge in [-0.05, 0) is 32.9 Å². The van der Waals surface area contributed by atoms with Gasteiger partial charge in [0.05, 0.1) is 18.3 Å². The second-order valence-electron chi connectivity index (χ2n) is 8.31. The molecule has 1 atom stereocenters. The van der Waals surface area contributed by atoms with Crippen LogP contribution < -0.4 is 5.32 Å². The van der Waals surface area contributed by atoms with Crippen molar-refractivity contribution in [1.82, 2.24) is 24.5 Å². The Morgan fingerprint density at radius 1 is 1.32 bits per heavy atom. The first kappa shape index (κ1) is 18.6. The molecule has 0 aromatic carbocycles. The zero-order valence-electron chi connectivity index (χ0n) is 16.8. The molecule has 1 N–H and O–H groups in total. The molecular weight excluding hydrogens is 356 g/mol. The maximum atomic E-state index is 12.3. The molecule has 0 spiro atoms. The molecule has 28 heavy (non-hydrogen) atoms. The van der Waals surface area contributed by atoms with Gasteiger partial charge in [0.1, 0.15) is 11.2 Å². The number of aliphatic imine (C=N–C) groups is 1. The van der Waals surface area contributed by atoms with Crippen LogP contribution in [0.25, 0.3) is 5.65 Å². The minimum absolute atomic E-state index is 0.221. The lowest BCUT2D eigenvalue weighted by Gasteiger charge is -2.39. The summed E-state index contributed by atoms with van der Waals surface area (Å²) >= 11 is 0. The van der Waals surface area contributed by atoms with Crippen LogP contribution in [0.3, 0.4) is 0 Å². The van der Waals surface area contributed by atoms with Crippen LogP contribution in [0.4, 0.5) is 4.79 Å². The number of carbonyl (C=O) groups is 1. The van der Waals surface area contributed by atoms with E-state index >= 15 is 0 Å². The molecule has 4 rings (SSSR count). The average Bonchev–Trinajstić information content (AvgIpc) is 3.23. The molecule has 2 aliphatic heterocycles. The quantitative estimate of drug-likeness (QED) is 0.873. The monoisotopic (exact) mass is 384 g/mol. The molecule has 8 nitrogen and oxygen atoms in total. The third-order valence-electron chi connectivity index (χ3n) is 4.94. The topological polar surface area (TPSA) is 74.5 Å². The summed E-state index contributed by atoms with van der Waals surface area (Å²) in [5.41, 5.74) is 1.56. The van der Waals surface area contributed by atoms with Gasteiger partial charge in [-0.15, -0.1) is 0 Å². The number of fused-ring (bicyclic) bond motifs is 2. The van der Waals surface area contributed by atoms with Gasteiger partial charge in [-0.3, -0.25) is 4.99 Å². The summed E-state index contributed by atoms with van der Waals surface area (Å²) in [5.74, 6) is 0.928. The van der Waals surface area contributed by atoms with Crippen LogP contribution in [0.2, 0.25) is 0 Å². The van der Waals surface area contributed by atoms with E-state index in [1.807, 2.05) is 49.6 Å². The van der Waals surface area contributed by atoms with Crippen LogP contribution in [-0.4, -0.2) is 75.6 Å². The van der Waals surface area contributed by atoms with Gasteiger partial charge in [-0.25, -0.2) is 9.78 Å². The van der Waals surface area contributed by atoms with Crippen LogP contribution >= 0.6 is 0 Å². The van der Waals surface area contributed by atoms with Crippen molar-refractivity contribution in [2.24, 2.45) is 4.99 Å². The first-order valence-electron chi connectivity index (χ1n) is 9.84. The van der Waals surface area contributed by atoms with E-state index in [0.29, 0.717) is 19.6 Å². The molecule has 0 saturated carbocycles. The Bertz CT molecular complexity index is 851. The molecule has 2 aromatic heterocycles. The van der Waals surface area contributed by atoms with Gasteiger partial charge in [-0.1, -0.05) is 6.07 Å². The highest BCUT2D eigenvalue weighted by Crippen LogP contribution is 2.18. The van der Waals surface area contributed by atoms with E-state index in [1.54, 1.807) is 4.90 Å². The average molecular weight is 384 g/mol. The van der Waals surface area contributed by atoms with Gasteiger partial charge >= 0.3 is 6.09 Å². The lowest BCUT2D eigenvalue weighted by atomic mass is 10.2. The standard InChI is InChI=1S/C20H28N6O2/c1-20(2,3)28-19(27)25-10-11-26-16(14-25)12-22-18(26)21-8-7-15-13-24-9-5-4-6-17(24)23-15/h4-6,9,13,16H,7-8,10-12,14H2,1-3H3,(H,21,22). The number of aromatic nitrogens is 2. The van der Waals surface area contributed by atoms with Crippen molar-refractivity contribution < 1.29 is 9.53 Å². The van der Waals surface area contributed by atoms with Gasteiger partial charge in [0, 0.05) is 45.0 Å². The van der Waals surface area contributed by atoms with E-state index in [2.05, 4.69) is 26.4 Å². The number of amides is 1. The number of imidazole rings is 1. The van der Waals surface area contributed by atoms with Gasteiger partial charge < -0.3 is 24.3 Å². The Balaban J connectivity index is 1.27. The van der Waals surface area contributed by atoms with E-state index in [-0.39, 0.29) is 12.1 Å². The van der Waals surface area contributed by atoms with Crippen LogP contribution in [0.15, 0.2) is 35.6 Å². The molecule has 1 saturated heterocycles. The predicted molar refractivity (Wildman–Crippen MR) is 108 cm³/mol. The van der Waals surface area contributed by atoms with Crippen molar-refractivity contribution in [1.29, 1.82) is 0 Å². The Hall–Kier alpha value is -2.77. The minimum atomic E-state index is -0.467. The molecule has 0 aliphatic carbocycles. The van der Waals surface area contributed by atoms with Gasteiger partial charge in [0.25, 0.3) is 0 Å². The maximum absolute atomic E-state index is 12.3. The number of guanidine groups is 1. The molecule has 2 aromatic rings. The number of piperazine rings is 1. The highest BCUT2D eigenvalue weighted by molar-refractivity contribution is 5.82. The molecule has 4 heterocycles. The summed E-state index contributed by atoms with van der Waals surface area (Å²) in [6, 6.07) is 6.22. The van der Waals surface area contributed by atoms with E-state index in [0.717, 1.165) is 36.8 Å². The minimum Gasteiger partial charge on any atom is -0.444 e. The summed E-state index contributed by atoms with van der Waals surface area (Å²) in [7, 11) is 0.